The smallest absolute Gasteiger partial charge is 0.150 e. The molecule has 0 bridgehead atoms. The summed E-state index contributed by atoms with van der Waals surface area (Å²) in [5, 5.41) is 2.31. The largest absolute Gasteiger partial charge is 0.298 e. The van der Waals surface area contributed by atoms with Gasteiger partial charge in [0.15, 0.2) is 6.29 Å². The summed E-state index contributed by atoms with van der Waals surface area (Å²) in [7, 11) is 0. The van der Waals surface area contributed by atoms with Gasteiger partial charge in [0, 0.05) is 25.7 Å². The molecule has 0 atom stereocenters. The van der Waals surface area contributed by atoms with Crippen molar-refractivity contribution in [3.63, 3.8) is 0 Å². The molecule has 3 aromatic rings. The molecule has 1 aromatic heterocycles. The molecule has 17 heavy (non-hydrogen) atoms. The second-order valence-corrected chi connectivity index (χ2v) is 5.46. The van der Waals surface area contributed by atoms with Gasteiger partial charge in [-0.3, -0.25) is 4.79 Å². The van der Waals surface area contributed by atoms with Crippen LogP contribution in [0.3, 0.4) is 0 Å². The molecule has 84 valence electrons. The van der Waals surface area contributed by atoms with Gasteiger partial charge in [-0.2, -0.15) is 0 Å². The van der Waals surface area contributed by atoms with Crippen molar-refractivity contribution in [3.8, 4) is 0 Å². The van der Waals surface area contributed by atoms with E-state index < -0.39 is 0 Å². The van der Waals surface area contributed by atoms with Gasteiger partial charge in [-0.15, -0.1) is 11.3 Å². The van der Waals surface area contributed by atoms with E-state index in [1.54, 1.807) is 11.3 Å². The van der Waals surface area contributed by atoms with E-state index in [0.717, 1.165) is 17.2 Å². The van der Waals surface area contributed by atoms with Crippen LogP contribution in [0, 0.1) is 13.8 Å². The van der Waals surface area contributed by atoms with Crippen LogP contribution in [0.5, 0.6) is 0 Å². The van der Waals surface area contributed by atoms with Crippen LogP contribution in [-0.2, 0) is 0 Å². The average Bonchev–Trinajstić information content (AvgIpc) is 2.67. The molecule has 0 saturated heterocycles. The number of rotatable bonds is 1. The van der Waals surface area contributed by atoms with Crippen LogP contribution in [0.2, 0.25) is 0 Å². The molecule has 1 heterocycles. The Kier molecular flexibility index (Phi) is 2.26. The monoisotopic (exact) mass is 240 g/mol. The second-order valence-electron chi connectivity index (χ2n) is 4.37. The zero-order valence-corrected chi connectivity index (χ0v) is 10.6. The summed E-state index contributed by atoms with van der Waals surface area (Å²) < 4.78 is 2.45. The molecule has 0 radical (unpaired) electrons. The van der Waals surface area contributed by atoms with E-state index in [2.05, 4.69) is 32.0 Å². The number of hydrogen-bond donors (Lipinski definition) is 0. The lowest BCUT2D eigenvalue weighted by atomic mass is 10.0. The van der Waals surface area contributed by atoms with Gasteiger partial charge in [-0.25, -0.2) is 0 Å². The summed E-state index contributed by atoms with van der Waals surface area (Å²) in [4.78, 5) is 11.1. The Morgan fingerprint density at radius 3 is 2.59 bits per heavy atom. The minimum absolute atomic E-state index is 0.789. The molecule has 2 heteroatoms. The Morgan fingerprint density at radius 1 is 1.06 bits per heavy atom. The molecule has 2 aromatic carbocycles. The molecule has 0 unspecified atom stereocenters. The Morgan fingerprint density at radius 2 is 1.82 bits per heavy atom. The van der Waals surface area contributed by atoms with Crippen LogP contribution < -0.4 is 0 Å². The van der Waals surface area contributed by atoms with Gasteiger partial charge >= 0.3 is 0 Å². The van der Waals surface area contributed by atoms with E-state index in [9.17, 15) is 4.79 Å². The Labute approximate surface area is 104 Å². The van der Waals surface area contributed by atoms with Crippen molar-refractivity contribution in [1.82, 2.24) is 0 Å². The maximum Gasteiger partial charge on any atom is 0.150 e. The molecule has 1 nitrogen and oxygen atoms in total. The SMILES string of the molecule is Cc1cc2sc3cccc(C=O)c3c2cc1C. The third-order valence-electron chi connectivity index (χ3n) is 3.27. The van der Waals surface area contributed by atoms with Crippen LogP contribution in [0.1, 0.15) is 21.5 Å². The molecule has 0 spiro atoms. The first-order valence-electron chi connectivity index (χ1n) is 5.58. The van der Waals surface area contributed by atoms with Crippen molar-refractivity contribution in [1.29, 1.82) is 0 Å². The lowest BCUT2D eigenvalue weighted by Gasteiger charge is -2.00. The van der Waals surface area contributed by atoms with Crippen LogP contribution in [0.25, 0.3) is 20.2 Å². The van der Waals surface area contributed by atoms with Gasteiger partial charge in [0.2, 0.25) is 0 Å². The minimum atomic E-state index is 0.789. The Balaban J connectivity index is 2.57. The lowest BCUT2D eigenvalue weighted by Crippen LogP contribution is -1.82. The Hall–Kier alpha value is -1.67. The summed E-state index contributed by atoms with van der Waals surface area (Å²) in [5.41, 5.74) is 3.37. The number of hydrogen-bond acceptors (Lipinski definition) is 2. The zero-order valence-electron chi connectivity index (χ0n) is 9.78. The standard InChI is InChI=1S/C15H12OS/c1-9-6-12-14(7-10(9)2)17-13-5-3-4-11(8-16)15(12)13/h3-8H,1-2H3. The predicted molar refractivity (Wildman–Crippen MR) is 74.2 cm³/mol. The quantitative estimate of drug-likeness (QED) is 0.573. The predicted octanol–water partition coefficient (Wildman–Crippen LogP) is 4.48. The number of carbonyl (C=O) groups is 1. The van der Waals surface area contributed by atoms with E-state index in [4.69, 9.17) is 0 Å². The number of aryl methyl sites for hydroxylation is 2. The maximum atomic E-state index is 11.1. The summed E-state index contributed by atoms with van der Waals surface area (Å²) in [6.45, 7) is 4.24. The van der Waals surface area contributed by atoms with Crippen molar-refractivity contribution < 1.29 is 4.79 Å². The average molecular weight is 240 g/mol. The zero-order chi connectivity index (χ0) is 12.0. The topological polar surface area (TPSA) is 17.1 Å². The van der Waals surface area contributed by atoms with Gasteiger partial charge in [-0.05, 0) is 43.2 Å². The maximum absolute atomic E-state index is 11.1. The molecule has 0 saturated carbocycles. The number of benzene rings is 2. The number of aldehydes is 1. The molecule has 3 rings (SSSR count). The van der Waals surface area contributed by atoms with Gasteiger partial charge in [0.05, 0.1) is 0 Å². The first-order valence-corrected chi connectivity index (χ1v) is 6.40. The van der Waals surface area contributed by atoms with Crippen LogP contribution in [0.4, 0.5) is 0 Å². The van der Waals surface area contributed by atoms with Crippen molar-refractivity contribution in [3.05, 3.63) is 47.0 Å². The molecule has 0 amide bonds. The minimum Gasteiger partial charge on any atom is -0.298 e. The fourth-order valence-electron chi connectivity index (χ4n) is 2.21. The summed E-state index contributed by atoms with van der Waals surface area (Å²) >= 11 is 1.76. The van der Waals surface area contributed by atoms with Crippen molar-refractivity contribution in [2.45, 2.75) is 13.8 Å². The van der Waals surface area contributed by atoms with E-state index in [-0.39, 0.29) is 0 Å². The summed E-state index contributed by atoms with van der Waals surface area (Å²) in [6.07, 6.45) is 0.948. The second kappa shape index (κ2) is 3.67. The van der Waals surface area contributed by atoms with Gasteiger partial charge in [0.1, 0.15) is 0 Å². The van der Waals surface area contributed by atoms with E-state index >= 15 is 0 Å². The molecule has 0 N–H and O–H groups in total. The van der Waals surface area contributed by atoms with Crippen LogP contribution >= 0.6 is 11.3 Å². The molecule has 0 aliphatic rings. The van der Waals surface area contributed by atoms with Crippen LogP contribution in [0.15, 0.2) is 30.3 Å². The van der Waals surface area contributed by atoms with E-state index in [0.29, 0.717) is 0 Å². The third kappa shape index (κ3) is 1.48. The molecular weight excluding hydrogens is 228 g/mol. The molecule has 0 aliphatic carbocycles. The highest BCUT2D eigenvalue weighted by Crippen LogP contribution is 2.36. The van der Waals surface area contributed by atoms with Gasteiger partial charge in [-0.1, -0.05) is 12.1 Å². The van der Waals surface area contributed by atoms with Crippen LogP contribution in [-0.4, -0.2) is 6.29 Å². The van der Waals surface area contributed by atoms with Gasteiger partial charge < -0.3 is 0 Å². The number of carbonyl (C=O) groups excluding carboxylic acids is 1. The van der Waals surface area contributed by atoms with E-state index in [1.807, 2.05) is 12.1 Å². The lowest BCUT2D eigenvalue weighted by molar-refractivity contribution is 0.112. The number of thiophene rings is 1. The highest BCUT2D eigenvalue weighted by Gasteiger charge is 2.09. The normalized spacial score (nSPS) is 11.2. The summed E-state index contributed by atoms with van der Waals surface area (Å²) in [6, 6.07) is 10.3. The Bertz CT molecular complexity index is 737. The molecular formula is C15H12OS. The first kappa shape index (κ1) is 10.5. The number of fused-ring (bicyclic) bond motifs is 3. The van der Waals surface area contributed by atoms with E-state index in [1.165, 1.54) is 25.9 Å². The molecule has 0 fully saturated rings. The van der Waals surface area contributed by atoms with Gasteiger partial charge in [0.25, 0.3) is 0 Å². The first-order chi connectivity index (χ1) is 8.20. The van der Waals surface area contributed by atoms with Crippen molar-refractivity contribution in [2.75, 3.05) is 0 Å². The van der Waals surface area contributed by atoms with Crippen molar-refractivity contribution >= 4 is 37.8 Å². The highest BCUT2D eigenvalue weighted by molar-refractivity contribution is 7.25. The molecule has 0 aliphatic heterocycles. The van der Waals surface area contributed by atoms with Crippen molar-refractivity contribution in [2.24, 2.45) is 0 Å². The fourth-order valence-corrected chi connectivity index (χ4v) is 3.43. The third-order valence-corrected chi connectivity index (χ3v) is 4.39. The summed E-state index contributed by atoms with van der Waals surface area (Å²) in [5.74, 6) is 0. The fraction of sp³-hybridized carbons (Fsp3) is 0.133. The highest BCUT2D eigenvalue weighted by atomic mass is 32.1.